The third-order valence-corrected chi connectivity index (χ3v) is 3.40. The van der Waals surface area contributed by atoms with Gasteiger partial charge in [0, 0.05) is 24.2 Å². The molecule has 3 heteroatoms. The molecule has 0 saturated heterocycles. The molecule has 0 radical (unpaired) electrons. The fourth-order valence-corrected chi connectivity index (χ4v) is 2.31. The normalized spacial score (nSPS) is 15.7. The minimum absolute atomic E-state index is 0.497. The lowest BCUT2D eigenvalue weighted by molar-refractivity contribution is 0.297. The zero-order chi connectivity index (χ0) is 13.5. The summed E-state index contributed by atoms with van der Waals surface area (Å²) in [7, 11) is 0. The molecule has 0 saturated carbocycles. The summed E-state index contributed by atoms with van der Waals surface area (Å²) < 4.78 is 11.3. The third-order valence-electron chi connectivity index (χ3n) is 3.40. The Bertz CT molecular complexity index is 392. The number of benzene rings is 1. The van der Waals surface area contributed by atoms with Crippen molar-refractivity contribution in [3.05, 3.63) is 18.2 Å². The van der Waals surface area contributed by atoms with Crippen LogP contribution in [0.2, 0.25) is 0 Å². The Balaban J connectivity index is 1.92. The van der Waals surface area contributed by atoms with Gasteiger partial charge in [0.05, 0.1) is 13.2 Å². The molecule has 1 unspecified atom stereocenters. The second-order valence-corrected chi connectivity index (χ2v) is 5.25. The van der Waals surface area contributed by atoms with E-state index in [0.717, 1.165) is 36.8 Å². The van der Waals surface area contributed by atoms with Gasteiger partial charge in [0.1, 0.15) is 0 Å². The molecule has 3 nitrogen and oxygen atoms in total. The number of hydrogen-bond donors (Lipinski definition) is 1. The zero-order valence-electron chi connectivity index (χ0n) is 12.1. The average Bonchev–Trinajstić information content (AvgIpc) is 2.63. The molecule has 0 aromatic heterocycles. The van der Waals surface area contributed by atoms with E-state index in [2.05, 4.69) is 31.3 Å². The Hall–Kier alpha value is -1.38. The Labute approximate surface area is 116 Å². The highest BCUT2D eigenvalue weighted by Crippen LogP contribution is 2.32. The summed E-state index contributed by atoms with van der Waals surface area (Å²) in [5.41, 5.74) is 1.12. The van der Waals surface area contributed by atoms with Crippen molar-refractivity contribution in [2.75, 3.05) is 18.5 Å². The van der Waals surface area contributed by atoms with Crippen molar-refractivity contribution in [2.24, 2.45) is 0 Å². The number of ether oxygens (including phenoxy) is 2. The van der Waals surface area contributed by atoms with Gasteiger partial charge in [-0.25, -0.2) is 0 Å². The smallest absolute Gasteiger partial charge is 0.163 e. The number of nitrogens with one attached hydrogen (secondary N) is 1. The average molecular weight is 263 g/mol. The van der Waals surface area contributed by atoms with Crippen LogP contribution in [0.25, 0.3) is 0 Å². The quantitative estimate of drug-likeness (QED) is 0.779. The van der Waals surface area contributed by atoms with Crippen molar-refractivity contribution in [2.45, 2.75) is 52.0 Å². The minimum Gasteiger partial charge on any atom is -0.490 e. The molecule has 0 spiro atoms. The molecule has 19 heavy (non-hydrogen) atoms. The zero-order valence-corrected chi connectivity index (χ0v) is 12.1. The third kappa shape index (κ3) is 4.34. The highest BCUT2D eigenvalue weighted by Gasteiger charge is 2.11. The SMILES string of the molecule is CCCCCC(C)Nc1ccc2c(c1)OCCCO2. The highest BCUT2D eigenvalue weighted by molar-refractivity contribution is 5.55. The van der Waals surface area contributed by atoms with Gasteiger partial charge in [-0.1, -0.05) is 26.2 Å². The van der Waals surface area contributed by atoms with E-state index in [1.807, 2.05) is 6.07 Å². The molecule has 1 aromatic carbocycles. The first-order chi connectivity index (χ1) is 9.29. The Morgan fingerprint density at radius 2 is 1.95 bits per heavy atom. The van der Waals surface area contributed by atoms with Crippen LogP contribution in [-0.2, 0) is 0 Å². The molecular formula is C16H25NO2. The van der Waals surface area contributed by atoms with Gasteiger partial charge in [-0.2, -0.15) is 0 Å². The highest BCUT2D eigenvalue weighted by atomic mass is 16.5. The number of fused-ring (bicyclic) bond motifs is 1. The van der Waals surface area contributed by atoms with Crippen LogP contribution in [0.15, 0.2) is 18.2 Å². The van der Waals surface area contributed by atoms with Crippen LogP contribution in [-0.4, -0.2) is 19.3 Å². The lowest BCUT2D eigenvalue weighted by Gasteiger charge is -2.16. The maximum atomic E-state index is 5.70. The molecule has 1 aromatic rings. The van der Waals surface area contributed by atoms with E-state index in [9.17, 15) is 0 Å². The van der Waals surface area contributed by atoms with Crippen molar-refractivity contribution in [1.82, 2.24) is 0 Å². The summed E-state index contributed by atoms with van der Waals surface area (Å²) in [4.78, 5) is 0. The van der Waals surface area contributed by atoms with E-state index in [4.69, 9.17) is 9.47 Å². The second kappa shape index (κ2) is 7.27. The fourth-order valence-electron chi connectivity index (χ4n) is 2.31. The Kier molecular flexibility index (Phi) is 5.37. The Morgan fingerprint density at radius 1 is 1.16 bits per heavy atom. The lowest BCUT2D eigenvalue weighted by atomic mass is 10.1. The van der Waals surface area contributed by atoms with Crippen LogP contribution < -0.4 is 14.8 Å². The van der Waals surface area contributed by atoms with Crippen LogP contribution in [0.3, 0.4) is 0 Å². The van der Waals surface area contributed by atoms with Crippen molar-refractivity contribution in [1.29, 1.82) is 0 Å². The molecule has 1 aliphatic rings. The van der Waals surface area contributed by atoms with Crippen molar-refractivity contribution in [3.8, 4) is 11.5 Å². The van der Waals surface area contributed by atoms with E-state index in [0.29, 0.717) is 6.04 Å². The monoisotopic (exact) mass is 263 g/mol. The van der Waals surface area contributed by atoms with Gasteiger partial charge in [-0.05, 0) is 25.5 Å². The molecule has 1 heterocycles. The van der Waals surface area contributed by atoms with Crippen molar-refractivity contribution in [3.63, 3.8) is 0 Å². The van der Waals surface area contributed by atoms with Crippen LogP contribution >= 0.6 is 0 Å². The number of unbranched alkanes of at least 4 members (excludes halogenated alkanes) is 2. The lowest BCUT2D eigenvalue weighted by Crippen LogP contribution is -2.14. The van der Waals surface area contributed by atoms with E-state index in [-0.39, 0.29) is 0 Å². The molecule has 2 rings (SSSR count). The summed E-state index contributed by atoms with van der Waals surface area (Å²) in [6.45, 7) is 5.95. The second-order valence-electron chi connectivity index (χ2n) is 5.25. The summed E-state index contributed by atoms with van der Waals surface area (Å²) in [5, 5.41) is 3.54. The summed E-state index contributed by atoms with van der Waals surface area (Å²) >= 11 is 0. The number of rotatable bonds is 6. The van der Waals surface area contributed by atoms with Gasteiger partial charge in [0.15, 0.2) is 11.5 Å². The standard InChI is InChI=1S/C16H25NO2/c1-3-4-5-7-13(2)17-14-8-9-15-16(12-14)19-11-6-10-18-15/h8-9,12-13,17H,3-7,10-11H2,1-2H3. The summed E-state index contributed by atoms with van der Waals surface area (Å²) in [6, 6.07) is 6.62. The molecule has 1 N–H and O–H groups in total. The fraction of sp³-hybridized carbons (Fsp3) is 0.625. The van der Waals surface area contributed by atoms with Crippen LogP contribution in [0.4, 0.5) is 5.69 Å². The van der Waals surface area contributed by atoms with Crippen LogP contribution in [0, 0.1) is 0 Å². The molecular weight excluding hydrogens is 238 g/mol. The first kappa shape index (κ1) is 14.0. The molecule has 1 atom stereocenters. The van der Waals surface area contributed by atoms with Gasteiger partial charge in [-0.3, -0.25) is 0 Å². The predicted molar refractivity (Wildman–Crippen MR) is 79.3 cm³/mol. The van der Waals surface area contributed by atoms with Crippen molar-refractivity contribution < 1.29 is 9.47 Å². The Morgan fingerprint density at radius 3 is 2.74 bits per heavy atom. The number of anilines is 1. The predicted octanol–water partition coefficient (Wildman–Crippen LogP) is 4.23. The van der Waals surface area contributed by atoms with E-state index >= 15 is 0 Å². The van der Waals surface area contributed by atoms with Gasteiger partial charge in [0.25, 0.3) is 0 Å². The van der Waals surface area contributed by atoms with Crippen LogP contribution in [0.5, 0.6) is 11.5 Å². The number of hydrogen-bond acceptors (Lipinski definition) is 3. The molecule has 0 amide bonds. The minimum atomic E-state index is 0.497. The largest absolute Gasteiger partial charge is 0.490 e. The summed E-state index contributed by atoms with van der Waals surface area (Å²) in [6.07, 6.45) is 6.03. The first-order valence-corrected chi connectivity index (χ1v) is 7.46. The molecule has 0 aliphatic carbocycles. The maximum Gasteiger partial charge on any atom is 0.163 e. The van der Waals surface area contributed by atoms with Crippen LogP contribution in [0.1, 0.15) is 46.0 Å². The van der Waals surface area contributed by atoms with Gasteiger partial charge < -0.3 is 14.8 Å². The van der Waals surface area contributed by atoms with E-state index in [1.54, 1.807) is 0 Å². The maximum absolute atomic E-state index is 5.70. The van der Waals surface area contributed by atoms with Crippen molar-refractivity contribution >= 4 is 5.69 Å². The van der Waals surface area contributed by atoms with E-state index < -0.39 is 0 Å². The molecule has 0 fully saturated rings. The molecule has 0 bridgehead atoms. The molecule has 106 valence electrons. The van der Waals surface area contributed by atoms with Gasteiger partial charge in [0.2, 0.25) is 0 Å². The molecule has 1 aliphatic heterocycles. The topological polar surface area (TPSA) is 30.5 Å². The van der Waals surface area contributed by atoms with Gasteiger partial charge in [-0.15, -0.1) is 0 Å². The van der Waals surface area contributed by atoms with E-state index in [1.165, 1.54) is 25.7 Å². The summed E-state index contributed by atoms with van der Waals surface area (Å²) in [5.74, 6) is 1.73. The first-order valence-electron chi connectivity index (χ1n) is 7.46. The van der Waals surface area contributed by atoms with Gasteiger partial charge >= 0.3 is 0 Å².